The summed E-state index contributed by atoms with van der Waals surface area (Å²) in [6.07, 6.45) is 2.13. The molecule has 98 valence electrons. The number of piperidine rings is 1. The van der Waals surface area contributed by atoms with Gasteiger partial charge in [0.2, 0.25) is 0 Å². The van der Waals surface area contributed by atoms with Gasteiger partial charge >= 0.3 is 0 Å². The Hall–Kier alpha value is -0.900. The smallest absolute Gasteiger partial charge is 0.256 e. The first-order valence-electron chi connectivity index (χ1n) is 6.23. The van der Waals surface area contributed by atoms with Gasteiger partial charge in [-0.15, -0.1) is 0 Å². The molecule has 1 unspecified atom stereocenters. The van der Waals surface area contributed by atoms with Crippen LogP contribution in [0.3, 0.4) is 0 Å². The first kappa shape index (κ1) is 13.5. The Balaban J connectivity index is 2.17. The van der Waals surface area contributed by atoms with E-state index in [1.165, 1.54) is 6.07 Å². The summed E-state index contributed by atoms with van der Waals surface area (Å²) in [4.78, 5) is 14.1. The number of carbonyl (C=O) groups excluding carboxylic acids is 1. The normalized spacial score (nSPS) is 19.9. The summed E-state index contributed by atoms with van der Waals surface area (Å²) in [6, 6.07) is 4.69. The van der Waals surface area contributed by atoms with Crippen molar-refractivity contribution in [2.75, 3.05) is 18.4 Å². The first-order chi connectivity index (χ1) is 8.61. The van der Waals surface area contributed by atoms with Gasteiger partial charge in [0.05, 0.1) is 5.56 Å². The largest absolute Gasteiger partial charge is 0.338 e. The van der Waals surface area contributed by atoms with Crippen molar-refractivity contribution in [2.45, 2.75) is 19.8 Å². The average molecular weight is 314 g/mol. The molecule has 0 radical (unpaired) electrons. The van der Waals surface area contributed by atoms with Crippen molar-refractivity contribution in [3.63, 3.8) is 0 Å². The third-order valence-electron chi connectivity index (χ3n) is 3.38. The molecule has 0 aromatic heterocycles. The standard InChI is InChI=1S/C14H17BrFNO/c1-10-4-5-13(16)12(7-10)14(18)17-6-2-3-11(8-15)9-17/h4-5,7,11H,2-3,6,8-9H2,1H3. The lowest BCUT2D eigenvalue weighted by atomic mass is 9.99. The molecule has 1 aromatic rings. The number of hydrogen-bond acceptors (Lipinski definition) is 1. The highest BCUT2D eigenvalue weighted by molar-refractivity contribution is 9.09. The van der Waals surface area contributed by atoms with E-state index in [-0.39, 0.29) is 11.5 Å². The molecule has 1 amide bonds. The predicted octanol–water partition coefficient (Wildman–Crippen LogP) is 3.38. The van der Waals surface area contributed by atoms with Crippen molar-refractivity contribution in [3.05, 3.63) is 35.1 Å². The van der Waals surface area contributed by atoms with Crippen molar-refractivity contribution < 1.29 is 9.18 Å². The molecule has 0 bridgehead atoms. The van der Waals surface area contributed by atoms with Gasteiger partial charge in [-0.1, -0.05) is 27.6 Å². The van der Waals surface area contributed by atoms with Crippen molar-refractivity contribution in [2.24, 2.45) is 5.92 Å². The molecule has 18 heavy (non-hydrogen) atoms. The Morgan fingerprint density at radius 1 is 1.56 bits per heavy atom. The average Bonchev–Trinajstić information content (AvgIpc) is 2.41. The fraction of sp³-hybridized carbons (Fsp3) is 0.500. The van der Waals surface area contributed by atoms with Gasteiger partial charge < -0.3 is 4.90 Å². The second-order valence-corrected chi connectivity index (χ2v) is 5.54. The Labute approximate surface area is 115 Å². The number of aryl methyl sites for hydroxylation is 1. The zero-order valence-electron chi connectivity index (χ0n) is 10.5. The molecular weight excluding hydrogens is 297 g/mol. The van der Waals surface area contributed by atoms with E-state index in [0.29, 0.717) is 5.92 Å². The number of likely N-dealkylation sites (tertiary alicyclic amines) is 1. The lowest BCUT2D eigenvalue weighted by molar-refractivity contribution is 0.0681. The van der Waals surface area contributed by atoms with Crippen LogP contribution in [0, 0.1) is 18.7 Å². The van der Waals surface area contributed by atoms with Crippen LogP contribution in [0.2, 0.25) is 0 Å². The molecule has 1 aromatic carbocycles. The summed E-state index contributed by atoms with van der Waals surface area (Å²) in [6.45, 7) is 3.32. The molecule has 1 aliphatic heterocycles. The SMILES string of the molecule is Cc1ccc(F)c(C(=O)N2CCCC(CBr)C2)c1. The van der Waals surface area contributed by atoms with Crippen molar-refractivity contribution in [3.8, 4) is 0 Å². The van der Waals surface area contributed by atoms with Crippen LogP contribution in [0.1, 0.15) is 28.8 Å². The Morgan fingerprint density at radius 3 is 3.06 bits per heavy atom. The van der Waals surface area contributed by atoms with E-state index in [1.807, 2.05) is 6.92 Å². The number of nitrogens with zero attached hydrogens (tertiary/aromatic N) is 1. The monoisotopic (exact) mass is 313 g/mol. The van der Waals surface area contributed by atoms with E-state index < -0.39 is 5.82 Å². The van der Waals surface area contributed by atoms with Gasteiger partial charge in [-0.2, -0.15) is 0 Å². The van der Waals surface area contributed by atoms with Gasteiger partial charge in [0, 0.05) is 18.4 Å². The maximum Gasteiger partial charge on any atom is 0.256 e. The fourth-order valence-corrected chi connectivity index (χ4v) is 2.88. The minimum Gasteiger partial charge on any atom is -0.338 e. The number of amides is 1. The number of hydrogen-bond donors (Lipinski definition) is 0. The summed E-state index contributed by atoms with van der Waals surface area (Å²) < 4.78 is 13.7. The van der Waals surface area contributed by atoms with Gasteiger partial charge in [0.15, 0.2) is 0 Å². The first-order valence-corrected chi connectivity index (χ1v) is 7.35. The molecule has 0 N–H and O–H groups in total. The molecule has 1 atom stereocenters. The lowest BCUT2D eigenvalue weighted by Crippen LogP contribution is -2.40. The van der Waals surface area contributed by atoms with Gasteiger partial charge in [-0.05, 0) is 37.8 Å². The van der Waals surface area contributed by atoms with E-state index in [1.54, 1.807) is 17.0 Å². The molecule has 2 nitrogen and oxygen atoms in total. The summed E-state index contributed by atoms with van der Waals surface area (Å²) in [5.74, 6) is -0.121. The van der Waals surface area contributed by atoms with E-state index in [9.17, 15) is 9.18 Å². The maximum atomic E-state index is 13.7. The minimum atomic E-state index is -0.424. The molecule has 0 saturated carbocycles. The second kappa shape index (κ2) is 5.83. The third-order valence-corrected chi connectivity index (χ3v) is 4.29. The van der Waals surface area contributed by atoms with Gasteiger partial charge in [0.1, 0.15) is 5.82 Å². The lowest BCUT2D eigenvalue weighted by Gasteiger charge is -2.32. The highest BCUT2D eigenvalue weighted by Crippen LogP contribution is 2.21. The van der Waals surface area contributed by atoms with Crippen LogP contribution in [0.5, 0.6) is 0 Å². The van der Waals surface area contributed by atoms with E-state index in [2.05, 4.69) is 15.9 Å². The van der Waals surface area contributed by atoms with Crippen molar-refractivity contribution in [1.29, 1.82) is 0 Å². The molecular formula is C14H17BrFNO. The quantitative estimate of drug-likeness (QED) is 0.766. The van der Waals surface area contributed by atoms with Gasteiger partial charge in [-0.25, -0.2) is 4.39 Å². The van der Waals surface area contributed by atoms with Crippen molar-refractivity contribution >= 4 is 21.8 Å². The summed E-state index contributed by atoms with van der Waals surface area (Å²) in [5, 5.41) is 0.896. The van der Waals surface area contributed by atoms with E-state index in [4.69, 9.17) is 0 Å². The second-order valence-electron chi connectivity index (χ2n) is 4.90. The molecule has 2 rings (SSSR count). The van der Waals surface area contributed by atoms with Crippen LogP contribution in [0.15, 0.2) is 18.2 Å². The number of alkyl halides is 1. The van der Waals surface area contributed by atoms with Gasteiger partial charge in [-0.3, -0.25) is 4.79 Å². The van der Waals surface area contributed by atoms with E-state index in [0.717, 1.165) is 36.8 Å². The summed E-state index contributed by atoms with van der Waals surface area (Å²) in [7, 11) is 0. The molecule has 1 aliphatic rings. The Kier molecular flexibility index (Phi) is 4.38. The number of benzene rings is 1. The highest BCUT2D eigenvalue weighted by atomic mass is 79.9. The Morgan fingerprint density at radius 2 is 2.33 bits per heavy atom. The third kappa shape index (κ3) is 2.91. The minimum absolute atomic E-state index is 0.179. The fourth-order valence-electron chi connectivity index (χ4n) is 2.35. The number of carbonyl (C=O) groups is 1. The predicted molar refractivity (Wildman–Crippen MR) is 73.6 cm³/mol. The summed E-state index contributed by atoms with van der Waals surface area (Å²) >= 11 is 3.46. The van der Waals surface area contributed by atoms with Crippen LogP contribution < -0.4 is 0 Å². The maximum absolute atomic E-state index is 13.7. The molecule has 4 heteroatoms. The Bertz CT molecular complexity index is 449. The topological polar surface area (TPSA) is 20.3 Å². The zero-order valence-corrected chi connectivity index (χ0v) is 12.0. The number of rotatable bonds is 2. The van der Waals surface area contributed by atoms with Crippen LogP contribution in [-0.4, -0.2) is 29.2 Å². The molecule has 1 fully saturated rings. The molecule has 1 heterocycles. The molecule has 1 saturated heterocycles. The summed E-state index contributed by atoms with van der Waals surface area (Å²) in [5.41, 5.74) is 1.11. The van der Waals surface area contributed by atoms with E-state index >= 15 is 0 Å². The van der Waals surface area contributed by atoms with Crippen molar-refractivity contribution in [1.82, 2.24) is 4.90 Å². The van der Waals surface area contributed by atoms with Crippen LogP contribution >= 0.6 is 15.9 Å². The zero-order chi connectivity index (χ0) is 13.1. The van der Waals surface area contributed by atoms with Crippen LogP contribution in [0.4, 0.5) is 4.39 Å². The van der Waals surface area contributed by atoms with Gasteiger partial charge in [0.25, 0.3) is 5.91 Å². The molecule has 0 aliphatic carbocycles. The molecule has 0 spiro atoms. The van der Waals surface area contributed by atoms with Crippen LogP contribution in [0.25, 0.3) is 0 Å². The van der Waals surface area contributed by atoms with Crippen LogP contribution in [-0.2, 0) is 0 Å². The highest BCUT2D eigenvalue weighted by Gasteiger charge is 2.25. The number of halogens is 2.